The first-order valence-corrected chi connectivity index (χ1v) is 6.39. The molecule has 0 radical (unpaired) electrons. The number of hydrogen-bond donors (Lipinski definition) is 3. The number of hydrogen-bond acceptors (Lipinski definition) is 4. The minimum Gasteiger partial charge on any atom is -0.479 e. The molecule has 2 amide bonds. The Morgan fingerprint density at radius 3 is 2.70 bits per heavy atom. The van der Waals surface area contributed by atoms with Crippen LogP contribution in [0.25, 0.3) is 0 Å². The summed E-state index contributed by atoms with van der Waals surface area (Å²) in [7, 11) is 0. The van der Waals surface area contributed by atoms with Gasteiger partial charge in [0.05, 0.1) is 12.6 Å². The molecule has 0 saturated carbocycles. The number of rotatable bonds is 4. The minimum atomic E-state index is -1.34. The van der Waals surface area contributed by atoms with Gasteiger partial charge < -0.3 is 24.9 Å². The molecule has 2 unspecified atom stereocenters. The van der Waals surface area contributed by atoms with Gasteiger partial charge in [-0.3, -0.25) is 0 Å². The van der Waals surface area contributed by atoms with Gasteiger partial charge in [0.2, 0.25) is 0 Å². The second kappa shape index (κ2) is 5.54. The fraction of sp³-hybridized carbons (Fsp3) is 0.538. The van der Waals surface area contributed by atoms with Crippen LogP contribution < -0.4 is 10.6 Å². The average Bonchev–Trinajstić information content (AvgIpc) is 2.98. The van der Waals surface area contributed by atoms with Crippen LogP contribution in [-0.2, 0) is 9.53 Å². The van der Waals surface area contributed by atoms with Crippen LogP contribution in [-0.4, -0.2) is 35.9 Å². The van der Waals surface area contributed by atoms with Crippen molar-refractivity contribution in [2.24, 2.45) is 0 Å². The van der Waals surface area contributed by atoms with Gasteiger partial charge in [0.15, 0.2) is 5.54 Å². The van der Waals surface area contributed by atoms with Crippen LogP contribution >= 0.6 is 0 Å². The summed E-state index contributed by atoms with van der Waals surface area (Å²) < 4.78 is 10.5. The van der Waals surface area contributed by atoms with Crippen LogP contribution in [0.5, 0.6) is 0 Å². The lowest BCUT2D eigenvalue weighted by atomic mass is 9.99. The van der Waals surface area contributed by atoms with E-state index in [1.54, 1.807) is 19.1 Å². The SMILES string of the molecule is Cc1ccc(C(C)NC(=O)NC2(C(=O)O)CCOC2)o1. The number of ether oxygens (including phenoxy) is 1. The Morgan fingerprint density at radius 2 is 2.20 bits per heavy atom. The van der Waals surface area contributed by atoms with Gasteiger partial charge in [-0.25, -0.2) is 9.59 Å². The minimum absolute atomic E-state index is 0.0238. The Labute approximate surface area is 116 Å². The van der Waals surface area contributed by atoms with Crippen molar-refractivity contribution in [3.05, 3.63) is 23.7 Å². The average molecular weight is 282 g/mol. The Morgan fingerprint density at radius 1 is 1.45 bits per heavy atom. The third-order valence-electron chi connectivity index (χ3n) is 3.32. The Bertz CT molecular complexity index is 505. The molecule has 0 bridgehead atoms. The third-order valence-corrected chi connectivity index (χ3v) is 3.32. The summed E-state index contributed by atoms with van der Waals surface area (Å²) in [6.45, 7) is 3.87. The molecule has 2 rings (SSSR count). The molecule has 0 aromatic carbocycles. The molecule has 1 aliphatic rings. The van der Waals surface area contributed by atoms with Crippen molar-refractivity contribution in [1.29, 1.82) is 0 Å². The molecule has 7 heteroatoms. The zero-order valence-corrected chi connectivity index (χ0v) is 11.4. The fourth-order valence-electron chi connectivity index (χ4n) is 2.09. The summed E-state index contributed by atoms with van der Waals surface area (Å²) in [6.07, 6.45) is 0.254. The van der Waals surface area contributed by atoms with Crippen LogP contribution in [0, 0.1) is 6.92 Å². The monoisotopic (exact) mass is 282 g/mol. The van der Waals surface area contributed by atoms with E-state index in [0.717, 1.165) is 5.76 Å². The predicted molar refractivity (Wildman–Crippen MR) is 69.3 cm³/mol. The van der Waals surface area contributed by atoms with Gasteiger partial charge >= 0.3 is 12.0 Å². The molecule has 2 atom stereocenters. The Balaban J connectivity index is 1.96. The highest BCUT2D eigenvalue weighted by Crippen LogP contribution is 2.20. The smallest absolute Gasteiger partial charge is 0.332 e. The van der Waals surface area contributed by atoms with Crippen LogP contribution in [0.1, 0.15) is 30.9 Å². The number of urea groups is 1. The van der Waals surface area contributed by atoms with E-state index < -0.39 is 17.5 Å². The fourth-order valence-corrected chi connectivity index (χ4v) is 2.09. The summed E-state index contributed by atoms with van der Waals surface area (Å²) >= 11 is 0. The Hall–Kier alpha value is -2.02. The molecule has 3 N–H and O–H groups in total. The summed E-state index contributed by atoms with van der Waals surface area (Å²) in [5.41, 5.74) is -1.34. The van der Waals surface area contributed by atoms with Gasteiger partial charge in [0, 0.05) is 13.0 Å². The van der Waals surface area contributed by atoms with E-state index in [4.69, 9.17) is 9.15 Å². The van der Waals surface area contributed by atoms with Gasteiger partial charge in [-0.15, -0.1) is 0 Å². The molecule has 2 heterocycles. The van der Waals surface area contributed by atoms with Crippen molar-refractivity contribution < 1.29 is 23.8 Å². The first kappa shape index (κ1) is 14.4. The zero-order valence-electron chi connectivity index (χ0n) is 11.4. The lowest BCUT2D eigenvalue weighted by molar-refractivity contribution is -0.144. The maximum atomic E-state index is 11.9. The summed E-state index contributed by atoms with van der Waals surface area (Å²) in [4.78, 5) is 23.2. The third kappa shape index (κ3) is 2.93. The van der Waals surface area contributed by atoms with E-state index in [0.29, 0.717) is 12.4 Å². The number of aryl methyl sites for hydroxylation is 1. The molecular formula is C13H18N2O5. The van der Waals surface area contributed by atoms with Crippen molar-refractivity contribution in [2.75, 3.05) is 13.2 Å². The number of amides is 2. The van der Waals surface area contributed by atoms with E-state index in [1.807, 2.05) is 6.92 Å². The molecule has 1 fully saturated rings. The topological polar surface area (TPSA) is 101 Å². The van der Waals surface area contributed by atoms with Crippen molar-refractivity contribution >= 4 is 12.0 Å². The van der Waals surface area contributed by atoms with Crippen molar-refractivity contribution in [1.82, 2.24) is 10.6 Å². The van der Waals surface area contributed by atoms with Crippen molar-refractivity contribution in [3.63, 3.8) is 0 Å². The highest BCUT2D eigenvalue weighted by atomic mass is 16.5. The van der Waals surface area contributed by atoms with Crippen LogP contribution in [0.4, 0.5) is 4.79 Å². The van der Waals surface area contributed by atoms with Crippen molar-refractivity contribution in [2.45, 2.75) is 31.8 Å². The van der Waals surface area contributed by atoms with E-state index in [1.165, 1.54) is 0 Å². The molecule has 1 aliphatic heterocycles. The molecule has 110 valence electrons. The van der Waals surface area contributed by atoms with Crippen LogP contribution in [0.3, 0.4) is 0 Å². The molecule has 20 heavy (non-hydrogen) atoms. The number of aliphatic carboxylic acids is 1. The van der Waals surface area contributed by atoms with E-state index in [2.05, 4.69) is 10.6 Å². The number of nitrogens with one attached hydrogen (secondary N) is 2. The highest BCUT2D eigenvalue weighted by molar-refractivity contribution is 5.86. The summed E-state index contributed by atoms with van der Waals surface area (Å²) in [5, 5.41) is 14.4. The van der Waals surface area contributed by atoms with E-state index in [-0.39, 0.29) is 19.1 Å². The molecule has 0 aliphatic carbocycles. The largest absolute Gasteiger partial charge is 0.479 e. The first-order valence-electron chi connectivity index (χ1n) is 6.39. The van der Waals surface area contributed by atoms with Crippen LogP contribution in [0.2, 0.25) is 0 Å². The molecule has 1 aromatic heterocycles. The quantitative estimate of drug-likeness (QED) is 0.770. The molecular weight excluding hydrogens is 264 g/mol. The maximum absolute atomic E-state index is 11.9. The number of carbonyl (C=O) groups excluding carboxylic acids is 1. The Kier molecular flexibility index (Phi) is 3.99. The lowest BCUT2D eigenvalue weighted by Crippen LogP contribution is -2.57. The van der Waals surface area contributed by atoms with E-state index in [9.17, 15) is 14.7 Å². The van der Waals surface area contributed by atoms with Crippen LogP contribution in [0.15, 0.2) is 16.5 Å². The summed E-state index contributed by atoms with van der Waals surface area (Å²) in [5.74, 6) is 0.275. The second-order valence-corrected chi connectivity index (χ2v) is 4.96. The van der Waals surface area contributed by atoms with Gasteiger partial charge in [-0.05, 0) is 26.0 Å². The molecule has 7 nitrogen and oxygen atoms in total. The zero-order chi connectivity index (χ0) is 14.8. The molecule has 1 aromatic rings. The van der Waals surface area contributed by atoms with Gasteiger partial charge in [-0.1, -0.05) is 0 Å². The first-order chi connectivity index (χ1) is 9.43. The van der Waals surface area contributed by atoms with E-state index >= 15 is 0 Å². The van der Waals surface area contributed by atoms with Crippen molar-refractivity contribution in [3.8, 4) is 0 Å². The van der Waals surface area contributed by atoms with Gasteiger partial charge in [-0.2, -0.15) is 0 Å². The number of carbonyl (C=O) groups is 2. The predicted octanol–water partition coefficient (Wildman–Crippen LogP) is 1.19. The van der Waals surface area contributed by atoms with Gasteiger partial charge in [0.1, 0.15) is 11.5 Å². The lowest BCUT2D eigenvalue weighted by Gasteiger charge is -2.24. The number of carboxylic acid groups (broad SMARTS) is 1. The highest BCUT2D eigenvalue weighted by Gasteiger charge is 2.44. The number of furan rings is 1. The molecule has 1 saturated heterocycles. The number of carboxylic acids is 1. The maximum Gasteiger partial charge on any atom is 0.332 e. The second-order valence-electron chi connectivity index (χ2n) is 4.96. The summed E-state index contributed by atoms with van der Waals surface area (Å²) in [6, 6.07) is 2.66. The van der Waals surface area contributed by atoms with Gasteiger partial charge in [0.25, 0.3) is 0 Å². The standard InChI is InChI=1S/C13H18N2O5/c1-8-3-4-10(20-8)9(2)14-12(18)15-13(11(16)17)5-6-19-7-13/h3-4,9H,5-7H2,1-2H3,(H,16,17)(H2,14,15,18). The molecule has 0 spiro atoms. The normalized spacial score (nSPS) is 23.3.